The minimum atomic E-state index is 1.06. The Morgan fingerprint density at radius 1 is 0.952 bits per heavy atom. The monoisotopic (exact) mass is 278 g/mol. The van der Waals surface area contributed by atoms with E-state index in [1.807, 2.05) is 0 Å². The van der Waals surface area contributed by atoms with Crippen LogP contribution in [-0.2, 0) is 7.05 Å². The van der Waals surface area contributed by atoms with E-state index in [-0.39, 0.29) is 0 Å². The summed E-state index contributed by atoms with van der Waals surface area (Å²) in [6.45, 7) is 4.48. The standard InChI is InChI=1S/C19H22N2/c1-4-16(5-2)21-18-14-10-9-13-17(18)20(3)19(21)15-11-7-6-8-12-15/h6-14H,4-5H2,1-3H3. The van der Waals surface area contributed by atoms with E-state index in [4.69, 9.17) is 0 Å². The van der Waals surface area contributed by atoms with Gasteiger partial charge in [-0.2, -0.15) is 6.07 Å². The predicted molar refractivity (Wildman–Crippen MR) is 85.6 cm³/mol. The lowest BCUT2D eigenvalue weighted by molar-refractivity contribution is -0.730. The van der Waals surface area contributed by atoms with Crippen LogP contribution in [0.3, 0.4) is 0 Å². The average Bonchev–Trinajstić information content (AvgIpc) is 2.83. The molecule has 0 aliphatic carbocycles. The van der Waals surface area contributed by atoms with E-state index >= 15 is 0 Å². The van der Waals surface area contributed by atoms with Crippen LogP contribution in [0.5, 0.6) is 0 Å². The van der Waals surface area contributed by atoms with Gasteiger partial charge in [-0.1, -0.05) is 50.2 Å². The van der Waals surface area contributed by atoms with Crippen LogP contribution in [0.25, 0.3) is 22.4 Å². The molecular weight excluding hydrogens is 256 g/mol. The highest BCUT2D eigenvalue weighted by Gasteiger charge is 2.26. The van der Waals surface area contributed by atoms with Crippen molar-refractivity contribution in [3.05, 3.63) is 60.6 Å². The summed E-state index contributed by atoms with van der Waals surface area (Å²) < 4.78 is 4.74. The van der Waals surface area contributed by atoms with Crippen LogP contribution in [0.15, 0.2) is 54.6 Å². The first-order valence-electron chi connectivity index (χ1n) is 7.67. The fraction of sp³-hybridized carbons (Fsp3) is 0.263. The van der Waals surface area contributed by atoms with Gasteiger partial charge >= 0.3 is 5.82 Å². The van der Waals surface area contributed by atoms with Gasteiger partial charge in [0.1, 0.15) is 18.1 Å². The molecule has 0 aliphatic heterocycles. The quantitative estimate of drug-likeness (QED) is 0.509. The molecule has 0 N–H and O–H groups in total. The van der Waals surface area contributed by atoms with Gasteiger partial charge in [-0.3, -0.25) is 4.57 Å². The van der Waals surface area contributed by atoms with Crippen molar-refractivity contribution in [2.24, 2.45) is 7.05 Å². The Morgan fingerprint density at radius 3 is 2.29 bits per heavy atom. The molecule has 0 amide bonds. The van der Waals surface area contributed by atoms with Gasteiger partial charge in [0.25, 0.3) is 0 Å². The van der Waals surface area contributed by atoms with Crippen molar-refractivity contribution in [1.82, 2.24) is 0 Å². The first-order valence-corrected chi connectivity index (χ1v) is 7.67. The molecular formula is C19H22N2. The van der Waals surface area contributed by atoms with Gasteiger partial charge in [0.2, 0.25) is 0 Å². The number of hydrogen-bond donors (Lipinski definition) is 0. The number of nitrogens with zero attached hydrogens (tertiary/aromatic N) is 2. The number of aromatic nitrogens is 2. The summed E-state index contributed by atoms with van der Waals surface area (Å²) in [7, 11) is 2.16. The number of para-hydroxylation sites is 2. The predicted octanol–water partition coefficient (Wildman–Crippen LogP) is 3.54. The van der Waals surface area contributed by atoms with E-state index in [0.717, 1.165) is 12.8 Å². The third kappa shape index (κ3) is 2.21. The van der Waals surface area contributed by atoms with Crippen molar-refractivity contribution in [1.29, 1.82) is 0 Å². The first-order chi connectivity index (χ1) is 10.3. The largest absolute Gasteiger partial charge is 0.364 e. The van der Waals surface area contributed by atoms with E-state index in [9.17, 15) is 0 Å². The molecule has 2 aromatic carbocycles. The van der Waals surface area contributed by atoms with Crippen molar-refractivity contribution in [2.45, 2.75) is 26.7 Å². The van der Waals surface area contributed by atoms with Gasteiger partial charge < -0.3 is 0 Å². The maximum absolute atomic E-state index is 2.44. The summed E-state index contributed by atoms with van der Waals surface area (Å²) in [6.07, 6.45) is 2.13. The van der Waals surface area contributed by atoms with E-state index < -0.39 is 0 Å². The number of benzene rings is 2. The Labute approximate surface area is 126 Å². The highest BCUT2D eigenvalue weighted by atomic mass is 15.2. The van der Waals surface area contributed by atoms with Crippen LogP contribution in [0.4, 0.5) is 0 Å². The molecule has 3 rings (SSSR count). The van der Waals surface area contributed by atoms with Crippen molar-refractivity contribution in [2.75, 3.05) is 0 Å². The van der Waals surface area contributed by atoms with Gasteiger partial charge in [-0.15, -0.1) is 12.1 Å². The fourth-order valence-corrected chi connectivity index (χ4v) is 3.11. The molecule has 0 radical (unpaired) electrons. The van der Waals surface area contributed by atoms with Crippen molar-refractivity contribution >= 4 is 11.0 Å². The lowest BCUT2D eigenvalue weighted by atomic mass is 10.1. The summed E-state index contributed by atoms with van der Waals surface area (Å²) in [5.41, 5.74) is 3.82. The van der Waals surface area contributed by atoms with Gasteiger partial charge in [0.05, 0.1) is 11.6 Å². The number of hydrogen-bond acceptors (Lipinski definition) is 0. The van der Waals surface area contributed by atoms with Crippen LogP contribution in [0.1, 0.15) is 26.7 Å². The molecule has 1 heterocycles. The minimum absolute atomic E-state index is 1.06. The van der Waals surface area contributed by atoms with E-state index in [1.165, 1.54) is 28.5 Å². The zero-order chi connectivity index (χ0) is 14.8. The Balaban J connectivity index is 2.37. The topological polar surface area (TPSA) is 7.76 Å². The third-order valence-electron chi connectivity index (χ3n) is 4.18. The Bertz CT molecular complexity index is 737. The number of aryl methyl sites for hydroxylation is 1. The molecule has 0 saturated carbocycles. The van der Waals surface area contributed by atoms with Crippen molar-refractivity contribution < 1.29 is 9.13 Å². The zero-order valence-electron chi connectivity index (χ0n) is 13.0. The summed E-state index contributed by atoms with van der Waals surface area (Å²) in [4.78, 5) is 0. The molecule has 21 heavy (non-hydrogen) atoms. The van der Waals surface area contributed by atoms with Crippen LogP contribution in [0.2, 0.25) is 0 Å². The summed E-state index contributed by atoms with van der Waals surface area (Å²) in [5, 5.41) is 0. The van der Waals surface area contributed by atoms with Gasteiger partial charge in [0.15, 0.2) is 0 Å². The molecule has 0 saturated heterocycles. The van der Waals surface area contributed by atoms with Gasteiger partial charge in [-0.05, 0) is 12.8 Å². The van der Waals surface area contributed by atoms with Crippen LogP contribution >= 0.6 is 0 Å². The van der Waals surface area contributed by atoms with Crippen molar-refractivity contribution in [3.63, 3.8) is 0 Å². The van der Waals surface area contributed by atoms with Crippen LogP contribution in [-0.4, -0.2) is 0 Å². The molecule has 2 heteroatoms. The summed E-state index contributed by atoms with van der Waals surface area (Å²) in [6, 6.07) is 20.8. The molecule has 0 atom stereocenters. The smallest absolute Gasteiger partial charge is 0.263 e. The lowest BCUT2D eigenvalue weighted by Crippen LogP contribution is -2.45. The maximum Gasteiger partial charge on any atom is 0.364 e. The molecule has 0 bridgehead atoms. The van der Waals surface area contributed by atoms with E-state index in [1.54, 1.807) is 0 Å². The lowest BCUT2D eigenvalue weighted by Gasteiger charge is -2.14. The Morgan fingerprint density at radius 2 is 1.62 bits per heavy atom. The first kappa shape index (κ1) is 13.7. The Hall–Kier alpha value is -2.22. The molecule has 0 fully saturated rings. The summed E-state index contributed by atoms with van der Waals surface area (Å²) >= 11 is 0. The molecule has 0 aliphatic rings. The number of rotatable bonds is 4. The van der Waals surface area contributed by atoms with Gasteiger partial charge in [0, 0.05) is 0 Å². The molecule has 0 spiro atoms. The molecule has 108 valence electrons. The molecule has 3 aromatic rings. The second-order valence-electron chi connectivity index (χ2n) is 5.35. The summed E-state index contributed by atoms with van der Waals surface area (Å²) in [5.74, 6) is 1.26. The molecule has 0 unspecified atom stereocenters. The van der Waals surface area contributed by atoms with E-state index in [2.05, 4.69) is 84.6 Å². The maximum atomic E-state index is 2.44. The van der Waals surface area contributed by atoms with Crippen LogP contribution in [0, 0.1) is 6.04 Å². The number of imidazole rings is 1. The van der Waals surface area contributed by atoms with Gasteiger partial charge in [-0.25, -0.2) is 4.57 Å². The highest BCUT2D eigenvalue weighted by molar-refractivity contribution is 5.70. The highest BCUT2D eigenvalue weighted by Crippen LogP contribution is 2.21. The SMILES string of the molecule is CC[C-](CC)[n+]1c(-c2ccccc2)[n+](C)[c-]2ccccc21. The van der Waals surface area contributed by atoms with E-state index in [0.29, 0.717) is 0 Å². The zero-order valence-corrected chi connectivity index (χ0v) is 13.0. The van der Waals surface area contributed by atoms with Crippen LogP contribution < -0.4 is 9.13 Å². The third-order valence-corrected chi connectivity index (χ3v) is 4.18. The average molecular weight is 278 g/mol. The second kappa shape index (κ2) is 5.65. The Kier molecular flexibility index (Phi) is 3.70. The second-order valence-corrected chi connectivity index (χ2v) is 5.35. The van der Waals surface area contributed by atoms with Crippen molar-refractivity contribution in [3.8, 4) is 11.4 Å². The normalized spacial score (nSPS) is 11.0. The number of fused-ring (bicyclic) bond motifs is 1. The minimum Gasteiger partial charge on any atom is -0.263 e. The molecule has 1 aromatic heterocycles. The molecule has 2 nitrogen and oxygen atoms in total. The fourth-order valence-electron chi connectivity index (χ4n) is 3.11.